The number of halogens is 1. The van der Waals surface area contributed by atoms with E-state index in [0.717, 1.165) is 37.7 Å². The molecule has 2 aromatic carbocycles. The van der Waals surface area contributed by atoms with Crippen molar-refractivity contribution in [2.75, 3.05) is 26.3 Å². The fraction of sp³-hybridized carbons (Fsp3) is 0.333. The molecule has 1 saturated heterocycles. The topological polar surface area (TPSA) is 12.5 Å². The lowest BCUT2D eigenvalue weighted by molar-refractivity contribution is 0.0155. The molecule has 0 aromatic heterocycles. The van der Waals surface area contributed by atoms with Gasteiger partial charge in [0.05, 0.1) is 13.2 Å². The molecule has 0 amide bonds. The van der Waals surface area contributed by atoms with Gasteiger partial charge in [-0.25, -0.2) is 0 Å². The van der Waals surface area contributed by atoms with Crippen LogP contribution in [0.2, 0.25) is 5.02 Å². The summed E-state index contributed by atoms with van der Waals surface area (Å²) >= 11 is 8.10. The normalized spacial score (nSPS) is 21.8. The Labute approximate surface area is 140 Å². The second-order valence-corrected chi connectivity index (χ2v) is 7.28. The van der Waals surface area contributed by atoms with E-state index in [-0.39, 0.29) is 0 Å². The van der Waals surface area contributed by atoms with Gasteiger partial charge in [0.15, 0.2) is 0 Å². The number of benzene rings is 2. The van der Waals surface area contributed by atoms with Crippen LogP contribution in [0.1, 0.15) is 17.2 Å². The first-order valence-corrected chi connectivity index (χ1v) is 8.88. The molecule has 22 heavy (non-hydrogen) atoms. The number of morpholine rings is 1. The van der Waals surface area contributed by atoms with Gasteiger partial charge in [-0.05, 0) is 41.8 Å². The number of rotatable bonds is 1. The van der Waals surface area contributed by atoms with E-state index in [4.69, 9.17) is 16.3 Å². The van der Waals surface area contributed by atoms with Crippen molar-refractivity contribution in [2.24, 2.45) is 0 Å². The Hall–Kier alpha value is -1.00. The summed E-state index contributed by atoms with van der Waals surface area (Å²) in [4.78, 5) is 5.24. The molecule has 0 aliphatic carbocycles. The van der Waals surface area contributed by atoms with Gasteiger partial charge in [-0.1, -0.05) is 41.6 Å². The Bertz CT molecular complexity index is 685. The summed E-state index contributed by atoms with van der Waals surface area (Å²) in [6.45, 7) is 3.65. The van der Waals surface area contributed by atoms with E-state index in [1.807, 2.05) is 17.8 Å². The standard InChI is InChI=1S/C18H18ClNOS/c19-14-5-6-17-13(11-14)12-16(20-7-9-21-10-8-20)15-3-1-2-4-18(15)22-17/h1-6,11,16H,7-10,12H2. The first-order chi connectivity index (χ1) is 10.8. The molecule has 2 aliphatic rings. The number of fused-ring (bicyclic) bond motifs is 2. The summed E-state index contributed by atoms with van der Waals surface area (Å²) in [5, 5.41) is 0.825. The minimum atomic E-state index is 0.410. The van der Waals surface area contributed by atoms with Crippen LogP contribution in [0.25, 0.3) is 0 Å². The van der Waals surface area contributed by atoms with Crippen molar-refractivity contribution in [3.63, 3.8) is 0 Å². The fourth-order valence-electron chi connectivity index (χ4n) is 3.31. The first-order valence-electron chi connectivity index (χ1n) is 7.68. The van der Waals surface area contributed by atoms with Gasteiger partial charge in [0.2, 0.25) is 0 Å². The second-order valence-electron chi connectivity index (χ2n) is 5.76. The Balaban J connectivity index is 1.78. The molecule has 1 unspecified atom stereocenters. The second kappa shape index (κ2) is 6.25. The zero-order valence-corrected chi connectivity index (χ0v) is 13.9. The van der Waals surface area contributed by atoms with Crippen LogP contribution in [-0.2, 0) is 11.2 Å². The maximum atomic E-state index is 6.23. The Kier molecular flexibility index (Phi) is 4.14. The van der Waals surface area contributed by atoms with Crippen molar-refractivity contribution < 1.29 is 4.74 Å². The van der Waals surface area contributed by atoms with E-state index < -0.39 is 0 Å². The van der Waals surface area contributed by atoms with Crippen LogP contribution in [-0.4, -0.2) is 31.2 Å². The van der Waals surface area contributed by atoms with Crippen LogP contribution >= 0.6 is 23.4 Å². The lowest BCUT2D eigenvalue weighted by atomic mass is 9.97. The Morgan fingerprint density at radius 2 is 1.86 bits per heavy atom. The van der Waals surface area contributed by atoms with Crippen molar-refractivity contribution in [3.8, 4) is 0 Å². The minimum Gasteiger partial charge on any atom is -0.379 e. The van der Waals surface area contributed by atoms with Crippen LogP contribution in [0.3, 0.4) is 0 Å². The molecule has 4 rings (SSSR count). The lowest BCUT2D eigenvalue weighted by Crippen LogP contribution is -2.39. The quantitative estimate of drug-likeness (QED) is 0.767. The van der Waals surface area contributed by atoms with Crippen LogP contribution in [0, 0.1) is 0 Å². The van der Waals surface area contributed by atoms with Gasteiger partial charge >= 0.3 is 0 Å². The van der Waals surface area contributed by atoms with E-state index >= 15 is 0 Å². The summed E-state index contributed by atoms with van der Waals surface area (Å²) in [5.74, 6) is 0. The highest BCUT2D eigenvalue weighted by Crippen LogP contribution is 2.43. The zero-order chi connectivity index (χ0) is 14.9. The van der Waals surface area contributed by atoms with Gasteiger partial charge in [0.1, 0.15) is 0 Å². The van der Waals surface area contributed by atoms with E-state index in [1.165, 1.54) is 20.9 Å². The van der Waals surface area contributed by atoms with Crippen molar-refractivity contribution in [1.29, 1.82) is 0 Å². The minimum absolute atomic E-state index is 0.410. The number of hydrogen-bond donors (Lipinski definition) is 0. The van der Waals surface area contributed by atoms with Gasteiger partial charge in [0, 0.05) is 33.9 Å². The van der Waals surface area contributed by atoms with Gasteiger partial charge in [-0.2, -0.15) is 0 Å². The molecule has 1 atom stereocenters. The largest absolute Gasteiger partial charge is 0.379 e. The molecule has 2 nitrogen and oxygen atoms in total. The summed E-state index contributed by atoms with van der Waals surface area (Å²) < 4.78 is 5.53. The molecule has 114 valence electrons. The summed E-state index contributed by atoms with van der Waals surface area (Å²) in [5.41, 5.74) is 2.78. The van der Waals surface area contributed by atoms with Gasteiger partial charge in [-0.15, -0.1) is 0 Å². The maximum absolute atomic E-state index is 6.23. The van der Waals surface area contributed by atoms with E-state index in [9.17, 15) is 0 Å². The van der Waals surface area contributed by atoms with Crippen LogP contribution < -0.4 is 0 Å². The van der Waals surface area contributed by atoms with Crippen LogP contribution in [0.5, 0.6) is 0 Å². The average molecular weight is 332 g/mol. The fourth-order valence-corrected chi connectivity index (χ4v) is 4.62. The van der Waals surface area contributed by atoms with Crippen molar-refractivity contribution in [2.45, 2.75) is 22.3 Å². The van der Waals surface area contributed by atoms with Crippen molar-refractivity contribution >= 4 is 23.4 Å². The molecule has 2 aliphatic heterocycles. The first kappa shape index (κ1) is 14.6. The van der Waals surface area contributed by atoms with Crippen molar-refractivity contribution in [3.05, 3.63) is 58.6 Å². The average Bonchev–Trinajstić information content (AvgIpc) is 2.72. The maximum Gasteiger partial charge on any atom is 0.0594 e. The highest BCUT2D eigenvalue weighted by molar-refractivity contribution is 7.99. The third kappa shape index (κ3) is 2.79. The molecular weight excluding hydrogens is 314 g/mol. The highest BCUT2D eigenvalue weighted by Gasteiger charge is 2.28. The molecule has 2 heterocycles. The summed E-state index contributed by atoms with van der Waals surface area (Å²) in [7, 11) is 0. The third-order valence-electron chi connectivity index (χ3n) is 4.42. The highest BCUT2D eigenvalue weighted by atomic mass is 35.5. The smallest absolute Gasteiger partial charge is 0.0594 e. The molecule has 2 aromatic rings. The SMILES string of the molecule is Clc1ccc2c(c1)CC(N1CCOCC1)c1ccccc1S2. The van der Waals surface area contributed by atoms with Gasteiger partial charge < -0.3 is 4.74 Å². The molecular formula is C18H18ClNOS. The molecule has 0 saturated carbocycles. The molecule has 0 N–H and O–H groups in total. The molecule has 0 spiro atoms. The van der Waals surface area contributed by atoms with Crippen LogP contribution in [0.15, 0.2) is 52.3 Å². The monoisotopic (exact) mass is 331 g/mol. The van der Waals surface area contributed by atoms with Crippen molar-refractivity contribution in [1.82, 2.24) is 4.90 Å². The number of ether oxygens (including phenoxy) is 1. The van der Waals surface area contributed by atoms with Gasteiger partial charge in [-0.3, -0.25) is 4.90 Å². The molecule has 4 heteroatoms. The van der Waals surface area contributed by atoms with E-state index in [1.54, 1.807) is 0 Å². The number of nitrogens with zero attached hydrogens (tertiary/aromatic N) is 1. The molecule has 0 radical (unpaired) electrons. The predicted octanol–water partition coefficient (Wildman–Crippen LogP) is 4.42. The van der Waals surface area contributed by atoms with E-state index in [0.29, 0.717) is 6.04 Å². The third-order valence-corrected chi connectivity index (χ3v) is 5.87. The molecule has 1 fully saturated rings. The zero-order valence-electron chi connectivity index (χ0n) is 12.3. The Morgan fingerprint density at radius 1 is 1.05 bits per heavy atom. The molecule has 0 bridgehead atoms. The predicted molar refractivity (Wildman–Crippen MR) is 90.9 cm³/mol. The van der Waals surface area contributed by atoms with Gasteiger partial charge in [0.25, 0.3) is 0 Å². The Morgan fingerprint density at radius 3 is 2.73 bits per heavy atom. The number of hydrogen-bond acceptors (Lipinski definition) is 3. The summed E-state index contributed by atoms with van der Waals surface area (Å²) in [6, 6.07) is 15.5. The van der Waals surface area contributed by atoms with E-state index in [2.05, 4.69) is 41.3 Å². The van der Waals surface area contributed by atoms with Crippen LogP contribution in [0.4, 0.5) is 0 Å². The summed E-state index contributed by atoms with van der Waals surface area (Å²) in [6.07, 6.45) is 1.01. The lowest BCUT2D eigenvalue weighted by Gasteiger charge is -2.35.